The maximum absolute atomic E-state index is 13.6. The number of phenolic OH excluding ortho intramolecular Hbond substituents is 5. The molecular formula is C63H53NO7. The molecule has 8 heteroatoms. The van der Waals surface area contributed by atoms with Crippen molar-refractivity contribution in [2.75, 3.05) is 0 Å². The molecule has 0 saturated heterocycles. The number of aromatic hydroxyl groups is 5. The van der Waals surface area contributed by atoms with Gasteiger partial charge in [0.15, 0.2) is 23.0 Å². The van der Waals surface area contributed by atoms with E-state index in [1.54, 1.807) is 0 Å². The normalized spacial score (nSPS) is 17.6. The van der Waals surface area contributed by atoms with Gasteiger partial charge in [-0.15, -0.1) is 0 Å². The lowest BCUT2D eigenvalue weighted by Crippen LogP contribution is -2.29. The van der Waals surface area contributed by atoms with E-state index in [1.165, 1.54) is 4.57 Å². The summed E-state index contributed by atoms with van der Waals surface area (Å²) >= 11 is 0. The van der Waals surface area contributed by atoms with Crippen molar-refractivity contribution in [1.82, 2.24) is 4.57 Å². The Kier molecular flexibility index (Phi) is 10.6. The van der Waals surface area contributed by atoms with E-state index >= 15 is 0 Å². The zero-order valence-electron chi connectivity index (χ0n) is 40.2. The molecule has 352 valence electrons. The van der Waals surface area contributed by atoms with Crippen LogP contribution < -0.4 is 0 Å². The van der Waals surface area contributed by atoms with Crippen LogP contribution in [0.4, 0.5) is 0 Å². The zero-order chi connectivity index (χ0) is 49.5. The van der Waals surface area contributed by atoms with Gasteiger partial charge in [0.1, 0.15) is 16.8 Å². The monoisotopic (exact) mass is 935 g/mol. The molecule has 9 aromatic rings. The molecule has 8 aromatic carbocycles. The Hall–Kier alpha value is -8.62. The van der Waals surface area contributed by atoms with E-state index < -0.39 is 28.1 Å². The molecule has 71 heavy (non-hydrogen) atoms. The highest BCUT2D eigenvalue weighted by atomic mass is 17.0. The van der Waals surface area contributed by atoms with Gasteiger partial charge in [0, 0.05) is 22.2 Å². The summed E-state index contributed by atoms with van der Waals surface area (Å²) in [6.45, 7) is 14.9. The van der Waals surface area contributed by atoms with E-state index in [1.807, 2.05) is 154 Å². The van der Waals surface area contributed by atoms with Crippen LogP contribution in [0.15, 0.2) is 191 Å². The molecule has 0 saturated carbocycles. The lowest BCUT2D eigenvalue weighted by Gasteiger charge is -2.36. The molecule has 12 rings (SSSR count). The Bertz CT molecular complexity index is 3910. The summed E-state index contributed by atoms with van der Waals surface area (Å²) in [5.74, 6) is -2.57. The molecule has 3 aliphatic rings. The number of hydrogen-bond acceptors (Lipinski definition) is 7. The second-order valence-corrected chi connectivity index (χ2v) is 18.6. The summed E-state index contributed by atoms with van der Waals surface area (Å²) < 4.78 is 13.9. The van der Waals surface area contributed by atoms with Crippen LogP contribution in [0, 0.1) is 0 Å². The number of phenols is 5. The predicted octanol–water partition coefficient (Wildman–Crippen LogP) is 16.0. The minimum absolute atomic E-state index is 0.112. The molecule has 8 nitrogen and oxygen atoms in total. The summed E-state index contributed by atoms with van der Waals surface area (Å²) in [5.41, 5.74) is 5.61. The van der Waals surface area contributed by atoms with Crippen molar-refractivity contribution < 1.29 is 34.7 Å². The van der Waals surface area contributed by atoms with Crippen molar-refractivity contribution in [2.45, 2.75) is 58.3 Å². The second kappa shape index (κ2) is 16.8. The highest BCUT2D eigenvalue weighted by Gasteiger charge is 2.51. The molecule has 0 fully saturated rings. The molecule has 3 aliphatic carbocycles. The van der Waals surface area contributed by atoms with Gasteiger partial charge in [-0.3, -0.25) is 13.7 Å². The predicted molar refractivity (Wildman–Crippen MR) is 286 cm³/mol. The molecule has 1 heterocycles. The van der Waals surface area contributed by atoms with Gasteiger partial charge in [-0.1, -0.05) is 186 Å². The quantitative estimate of drug-likeness (QED) is 0.0502. The van der Waals surface area contributed by atoms with E-state index in [0.29, 0.717) is 27.6 Å². The molecule has 5 N–H and O–H groups in total. The van der Waals surface area contributed by atoms with E-state index in [0.717, 1.165) is 68.0 Å². The first-order valence-corrected chi connectivity index (χ1v) is 24.2. The van der Waals surface area contributed by atoms with Gasteiger partial charge in [-0.05, 0) is 104 Å². The fourth-order valence-electron chi connectivity index (χ4n) is 11.8. The van der Waals surface area contributed by atoms with Crippen molar-refractivity contribution in [1.29, 1.82) is 0 Å². The first-order valence-electron chi connectivity index (χ1n) is 24.2. The number of fused-ring (bicyclic) bond motifs is 9. The lowest BCUT2D eigenvalue weighted by molar-refractivity contribution is 0.0877. The van der Waals surface area contributed by atoms with E-state index in [9.17, 15) is 25.5 Å². The van der Waals surface area contributed by atoms with Crippen LogP contribution in [-0.2, 0) is 10.8 Å². The third kappa shape index (κ3) is 6.23. The number of hydrogen-bond donors (Lipinski definition) is 5. The molecule has 1 atom stereocenters. The number of benzene rings is 8. The third-order valence-corrected chi connectivity index (χ3v) is 14.8. The van der Waals surface area contributed by atoms with Gasteiger partial charge in [0.25, 0.3) is 0 Å². The van der Waals surface area contributed by atoms with Crippen LogP contribution in [0.1, 0.15) is 75.3 Å². The fraction of sp³-hybridized carbons (Fsp3) is 0.143. The largest absolute Gasteiger partial charge is 0.505 e. The topological polar surface area (TPSA) is 132 Å². The van der Waals surface area contributed by atoms with Gasteiger partial charge in [-0.2, -0.15) is 0 Å². The molecule has 1 aromatic heterocycles. The van der Waals surface area contributed by atoms with Crippen molar-refractivity contribution in [3.63, 3.8) is 0 Å². The molecule has 0 spiro atoms. The van der Waals surface area contributed by atoms with Crippen LogP contribution in [0.25, 0.3) is 77.3 Å². The third-order valence-electron chi connectivity index (χ3n) is 14.8. The van der Waals surface area contributed by atoms with Crippen LogP contribution in [0.5, 0.6) is 28.7 Å². The molecule has 1 unspecified atom stereocenters. The molecular weight excluding hydrogens is 883 g/mol. The van der Waals surface area contributed by atoms with Gasteiger partial charge in [0.2, 0.25) is 11.2 Å². The summed E-state index contributed by atoms with van der Waals surface area (Å²) in [7, 11) is 0. The summed E-state index contributed by atoms with van der Waals surface area (Å²) in [6, 6.07) is 43.2. The van der Waals surface area contributed by atoms with Gasteiger partial charge < -0.3 is 25.5 Å². The Balaban J connectivity index is 0.00000270. The lowest BCUT2D eigenvalue weighted by atomic mass is 9.66. The standard InChI is InChI=1S/C61H47NO7.C2H6/c1-5-38-42-28-16-18-30-45(42)60(3,4)47(38)32-34(2)62-51-56(66)50-48(43-29-17-19-31-46(43)61(50,36-21-8-6-9-22-36)37-23-10-7-11-24-37)54(64)58(51)68-69-59-52(62)57(67)53(63)49(55(59)65)44-33-35-20-12-13-25-39(35)40-26-14-15-27-41(40)44;1-2/h5-6,8-10,12-33,63-67H,2,7,11H2,1,3-4H3;1-2H3/b38-5-,47-32+;. The van der Waals surface area contributed by atoms with E-state index in [-0.39, 0.29) is 45.0 Å². The molecule has 0 radical (unpaired) electrons. The zero-order valence-corrected chi connectivity index (χ0v) is 40.2. The average molecular weight is 936 g/mol. The van der Waals surface area contributed by atoms with Crippen LogP contribution in [0.3, 0.4) is 0 Å². The van der Waals surface area contributed by atoms with Gasteiger partial charge in [-0.25, -0.2) is 0 Å². The maximum Gasteiger partial charge on any atom is 0.248 e. The maximum atomic E-state index is 13.6. The minimum Gasteiger partial charge on any atom is -0.505 e. The number of rotatable bonds is 5. The summed E-state index contributed by atoms with van der Waals surface area (Å²) in [4.78, 5) is 0. The Morgan fingerprint density at radius 2 is 1.20 bits per heavy atom. The first-order chi connectivity index (χ1) is 34.5. The van der Waals surface area contributed by atoms with E-state index in [2.05, 4.69) is 50.8 Å². The smallest absolute Gasteiger partial charge is 0.248 e. The molecule has 0 bridgehead atoms. The van der Waals surface area contributed by atoms with Gasteiger partial charge in [0.05, 0.1) is 11.0 Å². The van der Waals surface area contributed by atoms with E-state index in [4.69, 9.17) is 9.15 Å². The molecule has 0 amide bonds. The Morgan fingerprint density at radius 1 is 0.606 bits per heavy atom. The van der Waals surface area contributed by atoms with Crippen molar-refractivity contribution in [3.05, 3.63) is 209 Å². The average Bonchev–Trinajstić information content (AvgIpc) is 3.74. The highest BCUT2D eigenvalue weighted by molar-refractivity contribution is 6.16. The van der Waals surface area contributed by atoms with Crippen molar-refractivity contribution in [2.24, 2.45) is 0 Å². The van der Waals surface area contributed by atoms with Gasteiger partial charge >= 0.3 is 0 Å². The Morgan fingerprint density at radius 3 is 1.89 bits per heavy atom. The fourth-order valence-corrected chi connectivity index (χ4v) is 11.8. The molecule has 0 aliphatic heterocycles. The Labute approximate surface area is 411 Å². The van der Waals surface area contributed by atoms with Crippen LogP contribution in [-0.4, -0.2) is 30.1 Å². The van der Waals surface area contributed by atoms with Crippen molar-refractivity contribution in [3.8, 4) is 51.0 Å². The van der Waals surface area contributed by atoms with Crippen LogP contribution >= 0.6 is 0 Å². The second-order valence-electron chi connectivity index (χ2n) is 18.6. The van der Waals surface area contributed by atoms with Crippen molar-refractivity contribution >= 4 is 55.0 Å². The highest BCUT2D eigenvalue weighted by Crippen LogP contribution is 2.64. The van der Waals surface area contributed by atoms with Crippen LogP contribution in [0.2, 0.25) is 0 Å². The number of nitrogens with zero attached hydrogens (tertiary/aromatic N) is 1. The SMILES string of the molecule is C=C(/C=C1\C(=C/C)c2ccccc2C1(C)C)n1c2c(O)c(O)c(-c3cc4ccccc4c4ccccc34)c(O)c2ooc2c(O)c3c(c(O)c21)C(C1=CCCC=C1)(c1ccccc1)c1ccccc1-3.CC. The summed E-state index contributed by atoms with van der Waals surface area (Å²) in [6.07, 6.45) is 11.9. The first kappa shape index (κ1) is 44.9. The number of allylic oxidation sites excluding steroid dienone is 9. The summed E-state index contributed by atoms with van der Waals surface area (Å²) in [5, 5.41) is 68.0. The number of aromatic nitrogens is 1. The minimum atomic E-state index is -1.16.